The van der Waals surface area contributed by atoms with Crippen molar-refractivity contribution in [3.8, 4) is 0 Å². The molecule has 28 heavy (non-hydrogen) atoms. The van der Waals surface area contributed by atoms with Gasteiger partial charge in [0.05, 0.1) is 61.0 Å². The van der Waals surface area contributed by atoms with Crippen LogP contribution >= 0.6 is 0 Å². The summed E-state index contributed by atoms with van der Waals surface area (Å²) < 4.78 is 6.43. The predicted molar refractivity (Wildman–Crippen MR) is 102 cm³/mol. The zero-order valence-electron chi connectivity index (χ0n) is 18.9. The van der Waals surface area contributed by atoms with Crippen LogP contribution < -0.4 is 10.2 Å². The Morgan fingerprint density at radius 1 is 0.929 bits per heavy atom. The molecule has 10 heteroatoms. The maximum absolute atomic E-state index is 10.3. The molecule has 0 aliphatic rings. The molecule has 0 radical (unpaired) electrons. The number of carbonyl (C=O) groups excluding carboxylic acids is 3. The number of likely N-dealkylation sites (N-methyl/N-ethyl adjacent to an activating group) is 2. The Hall–Kier alpha value is -1.75. The fourth-order valence-corrected chi connectivity index (χ4v) is 0.930. The largest absolute Gasteiger partial charge is 0.550 e. The Bertz CT molecular complexity index is 411. The van der Waals surface area contributed by atoms with E-state index in [0.29, 0.717) is 6.61 Å². The van der Waals surface area contributed by atoms with Gasteiger partial charge in [0, 0.05) is 12.9 Å². The third-order valence-corrected chi connectivity index (χ3v) is 2.50. The SMILES string of the molecule is CC(=O)OCC[N+](C)(C)C.CC(=O)[O-].CCC(O)C(=O)[O-].C[N+](C)(C)CCO. The molecule has 170 valence electrons. The quantitative estimate of drug-likeness (QED) is 0.337. The molecule has 0 heterocycles. The van der Waals surface area contributed by atoms with Gasteiger partial charge in [0.1, 0.15) is 19.7 Å². The standard InChI is InChI=1S/C7H16NO2.C5H14NO.C4H8O3.C2H4O2/c1-7(9)10-6-5-8(2,3)4;1-6(2,3)4-5-7;1-2-3(5)4(6)7;1-2(3)4/h5-6H2,1-4H3;7H,4-5H2,1-3H3;3,5H,2H2,1H3,(H,6,7);1H3,(H,3,4)/q2*+1;;/p-2. The third kappa shape index (κ3) is 56.4. The van der Waals surface area contributed by atoms with E-state index in [2.05, 4.69) is 42.3 Å². The van der Waals surface area contributed by atoms with Crippen LogP contribution in [-0.2, 0) is 19.1 Å². The average molecular weight is 413 g/mol. The van der Waals surface area contributed by atoms with Crippen molar-refractivity contribution < 1.29 is 48.5 Å². The molecule has 0 fully saturated rings. The van der Waals surface area contributed by atoms with E-state index in [-0.39, 0.29) is 19.0 Å². The minimum atomic E-state index is -1.40. The van der Waals surface area contributed by atoms with Gasteiger partial charge in [-0.05, 0) is 13.3 Å². The van der Waals surface area contributed by atoms with Crippen LogP contribution in [0.15, 0.2) is 0 Å². The van der Waals surface area contributed by atoms with E-state index in [9.17, 15) is 14.7 Å². The lowest BCUT2D eigenvalue weighted by Crippen LogP contribution is -2.37. The van der Waals surface area contributed by atoms with Gasteiger partial charge < -0.3 is 43.7 Å². The highest BCUT2D eigenvalue weighted by Gasteiger charge is 2.06. The van der Waals surface area contributed by atoms with E-state index in [1.165, 1.54) is 6.92 Å². The highest BCUT2D eigenvalue weighted by atomic mass is 16.5. The lowest BCUT2D eigenvalue weighted by molar-refractivity contribution is -0.870. The number of ether oxygens (including phenoxy) is 1. The van der Waals surface area contributed by atoms with Gasteiger partial charge in [-0.15, -0.1) is 0 Å². The molecular formula is C18H40N2O8. The fourth-order valence-electron chi connectivity index (χ4n) is 0.930. The zero-order valence-corrected chi connectivity index (χ0v) is 18.9. The maximum atomic E-state index is 10.3. The summed E-state index contributed by atoms with van der Waals surface area (Å²) in [6, 6.07) is 0. The van der Waals surface area contributed by atoms with E-state index >= 15 is 0 Å². The number of rotatable bonds is 7. The Balaban J connectivity index is -0.000000144. The van der Waals surface area contributed by atoms with Gasteiger partial charge in [0.25, 0.3) is 0 Å². The first kappa shape index (κ1) is 33.8. The van der Waals surface area contributed by atoms with E-state index in [1.54, 1.807) is 6.92 Å². The van der Waals surface area contributed by atoms with Gasteiger partial charge in [-0.2, -0.15) is 0 Å². The van der Waals surface area contributed by atoms with Gasteiger partial charge in [-0.3, -0.25) is 4.79 Å². The molecule has 0 aromatic heterocycles. The molecule has 1 atom stereocenters. The molecule has 0 spiro atoms. The molecule has 0 aliphatic carbocycles. The average Bonchev–Trinajstić information content (AvgIpc) is 2.43. The number of nitrogens with zero attached hydrogens (tertiary/aromatic N) is 2. The van der Waals surface area contributed by atoms with Crippen LogP contribution in [0.25, 0.3) is 0 Å². The molecule has 0 saturated heterocycles. The van der Waals surface area contributed by atoms with Crippen LogP contribution in [0.2, 0.25) is 0 Å². The number of esters is 1. The van der Waals surface area contributed by atoms with Gasteiger partial charge in [-0.25, -0.2) is 0 Å². The zero-order chi connectivity index (χ0) is 23.6. The lowest BCUT2D eigenvalue weighted by Gasteiger charge is -2.23. The Morgan fingerprint density at radius 2 is 1.29 bits per heavy atom. The lowest BCUT2D eigenvalue weighted by atomic mass is 10.3. The predicted octanol–water partition coefficient (Wildman–Crippen LogP) is -2.80. The highest BCUT2D eigenvalue weighted by molar-refractivity contribution is 5.69. The first-order valence-corrected chi connectivity index (χ1v) is 8.81. The number of carboxylic acids is 2. The van der Waals surface area contributed by atoms with Crippen molar-refractivity contribution in [2.75, 3.05) is 68.6 Å². The second-order valence-corrected chi connectivity index (χ2v) is 7.83. The fraction of sp³-hybridized carbons (Fsp3) is 0.833. The Morgan fingerprint density at radius 3 is 1.39 bits per heavy atom. The van der Waals surface area contributed by atoms with Crippen LogP contribution in [0.1, 0.15) is 27.2 Å². The second kappa shape index (κ2) is 18.6. The van der Waals surface area contributed by atoms with E-state index in [4.69, 9.17) is 24.9 Å². The molecule has 0 rings (SSSR count). The number of carboxylic acid groups (broad SMARTS) is 2. The van der Waals surface area contributed by atoms with Crippen LogP contribution in [0, 0.1) is 0 Å². The van der Waals surface area contributed by atoms with Crippen molar-refractivity contribution in [2.45, 2.75) is 33.3 Å². The molecule has 0 aliphatic heterocycles. The van der Waals surface area contributed by atoms with Gasteiger partial charge in [0.15, 0.2) is 0 Å². The molecule has 0 aromatic rings. The summed E-state index contributed by atoms with van der Waals surface area (Å²) in [6.07, 6.45) is -1.08. The summed E-state index contributed by atoms with van der Waals surface area (Å²) in [4.78, 5) is 28.8. The summed E-state index contributed by atoms with van der Waals surface area (Å²) in [5.41, 5.74) is 0. The Labute approximate surface area is 169 Å². The van der Waals surface area contributed by atoms with Gasteiger partial charge >= 0.3 is 5.97 Å². The maximum Gasteiger partial charge on any atom is 0.302 e. The molecule has 0 amide bonds. The van der Waals surface area contributed by atoms with E-state index in [0.717, 1.165) is 29.0 Å². The first-order chi connectivity index (χ1) is 12.4. The van der Waals surface area contributed by atoms with Gasteiger partial charge in [0.2, 0.25) is 0 Å². The monoisotopic (exact) mass is 412 g/mol. The topological polar surface area (TPSA) is 147 Å². The number of quaternary nitrogens is 2. The van der Waals surface area contributed by atoms with Crippen LogP contribution in [0.4, 0.5) is 0 Å². The van der Waals surface area contributed by atoms with Crippen LogP contribution in [-0.4, -0.2) is 112 Å². The molecule has 0 bridgehead atoms. The minimum absolute atomic E-state index is 0.201. The number of hydrogen-bond donors (Lipinski definition) is 2. The summed E-state index contributed by atoms with van der Waals surface area (Å²) in [7, 11) is 12.3. The number of aliphatic hydroxyl groups is 2. The number of hydrogen-bond acceptors (Lipinski definition) is 8. The van der Waals surface area contributed by atoms with E-state index < -0.39 is 18.0 Å². The molecule has 10 nitrogen and oxygen atoms in total. The smallest absolute Gasteiger partial charge is 0.302 e. The normalized spacial score (nSPS) is 11.2. The summed E-state index contributed by atoms with van der Waals surface area (Å²) >= 11 is 0. The van der Waals surface area contributed by atoms with Crippen molar-refractivity contribution >= 4 is 17.9 Å². The van der Waals surface area contributed by atoms with Crippen molar-refractivity contribution in [3.05, 3.63) is 0 Å². The van der Waals surface area contributed by atoms with Crippen molar-refractivity contribution in [3.63, 3.8) is 0 Å². The van der Waals surface area contributed by atoms with Crippen molar-refractivity contribution in [2.24, 2.45) is 0 Å². The minimum Gasteiger partial charge on any atom is -0.550 e. The Kier molecular flexibility index (Phi) is 22.5. The number of carbonyl (C=O) groups is 3. The molecular weight excluding hydrogens is 372 g/mol. The molecule has 1 unspecified atom stereocenters. The van der Waals surface area contributed by atoms with Crippen molar-refractivity contribution in [1.82, 2.24) is 0 Å². The summed E-state index contributed by atoms with van der Waals surface area (Å²) in [5.74, 6) is -2.68. The number of aliphatic hydroxyl groups excluding tert-OH is 2. The number of aliphatic carboxylic acids is 2. The summed E-state index contributed by atoms with van der Waals surface area (Å²) in [5, 5.41) is 35.1. The third-order valence-electron chi connectivity index (χ3n) is 2.50. The van der Waals surface area contributed by atoms with Crippen LogP contribution in [0.5, 0.6) is 0 Å². The van der Waals surface area contributed by atoms with Gasteiger partial charge in [-0.1, -0.05) is 6.92 Å². The summed E-state index contributed by atoms with van der Waals surface area (Å²) in [6.45, 7) is 6.46. The second-order valence-electron chi connectivity index (χ2n) is 7.83. The molecule has 0 saturated carbocycles. The molecule has 0 aromatic carbocycles. The molecule has 2 N–H and O–H groups in total. The highest BCUT2D eigenvalue weighted by Crippen LogP contribution is 1.89. The first-order valence-electron chi connectivity index (χ1n) is 8.81. The van der Waals surface area contributed by atoms with E-state index in [1.807, 2.05) is 0 Å². The van der Waals surface area contributed by atoms with Crippen LogP contribution in [0.3, 0.4) is 0 Å². The van der Waals surface area contributed by atoms with Crippen molar-refractivity contribution in [1.29, 1.82) is 0 Å².